The van der Waals surface area contributed by atoms with Crippen LogP contribution in [0.5, 0.6) is 0 Å². The molecule has 0 aliphatic heterocycles. The number of nitrogens with zero attached hydrogens (tertiary/aromatic N) is 4. The zero-order valence-corrected chi connectivity index (χ0v) is 14.2. The maximum atomic E-state index is 13.1. The van der Waals surface area contributed by atoms with Crippen LogP contribution < -0.4 is 0 Å². The molecule has 3 aromatic rings. The van der Waals surface area contributed by atoms with Crippen LogP contribution in [0.4, 0.5) is 4.39 Å². The predicted octanol–water partition coefficient (Wildman–Crippen LogP) is 3.24. The molecule has 0 saturated heterocycles. The second-order valence-corrected chi connectivity index (χ2v) is 5.77. The van der Waals surface area contributed by atoms with Crippen molar-refractivity contribution in [2.24, 2.45) is 0 Å². The number of hydrogen-bond acceptors (Lipinski definition) is 3. The molecule has 2 heterocycles. The Morgan fingerprint density at radius 2 is 1.96 bits per heavy atom. The largest absolute Gasteiger partial charge is 0.337 e. The van der Waals surface area contributed by atoms with Gasteiger partial charge in [0.25, 0.3) is 5.91 Å². The third-order valence-electron chi connectivity index (χ3n) is 3.99. The van der Waals surface area contributed by atoms with Crippen molar-refractivity contribution in [3.63, 3.8) is 0 Å². The molecule has 0 N–H and O–H groups in total. The Kier molecular flexibility index (Phi) is 4.88. The van der Waals surface area contributed by atoms with Crippen LogP contribution in [0, 0.1) is 5.82 Å². The van der Waals surface area contributed by atoms with Crippen molar-refractivity contribution < 1.29 is 9.18 Å². The Balaban J connectivity index is 1.87. The van der Waals surface area contributed by atoms with Gasteiger partial charge in [-0.2, -0.15) is 5.10 Å². The van der Waals surface area contributed by atoms with Gasteiger partial charge in [-0.25, -0.2) is 9.07 Å². The first-order chi connectivity index (χ1) is 12.1. The molecule has 3 rings (SSSR count). The monoisotopic (exact) mass is 338 g/mol. The molecule has 0 bridgehead atoms. The fourth-order valence-corrected chi connectivity index (χ4v) is 2.74. The van der Waals surface area contributed by atoms with E-state index in [-0.39, 0.29) is 11.7 Å². The van der Waals surface area contributed by atoms with Gasteiger partial charge < -0.3 is 4.90 Å². The third kappa shape index (κ3) is 3.57. The van der Waals surface area contributed by atoms with Gasteiger partial charge in [-0.1, -0.05) is 13.0 Å². The van der Waals surface area contributed by atoms with Gasteiger partial charge in [0.2, 0.25) is 0 Å². The van der Waals surface area contributed by atoms with Crippen molar-refractivity contribution in [2.45, 2.75) is 19.9 Å². The van der Waals surface area contributed by atoms with Gasteiger partial charge in [-0.05, 0) is 42.3 Å². The molecule has 0 fully saturated rings. The van der Waals surface area contributed by atoms with E-state index in [1.54, 1.807) is 47.4 Å². The second kappa shape index (κ2) is 7.25. The van der Waals surface area contributed by atoms with E-state index in [4.69, 9.17) is 0 Å². The molecular formula is C19H19FN4O. The van der Waals surface area contributed by atoms with Gasteiger partial charge in [-0.15, -0.1) is 0 Å². The van der Waals surface area contributed by atoms with Gasteiger partial charge in [0.1, 0.15) is 5.82 Å². The minimum atomic E-state index is -0.304. The molecule has 1 amide bonds. The summed E-state index contributed by atoms with van der Waals surface area (Å²) in [4.78, 5) is 18.5. The summed E-state index contributed by atoms with van der Waals surface area (Å²) in [6, 6.07) is 9.83. The van der Waals surface area contributed by atoms with E-state index < -0.39 is 0 Å². The van der Waals surface area contributed by atoms with E-state index >= 15 is 0 Å². The van der Waals surface area contributed by atoms with Gasteiger partial charge >= 0.3 is 0 Å². The second-order valence-electron chi connectivity index (χ2n) is 5.77. The topological polar surface area (TPSA) is 51.0 Å². The van der Waals surface area contributed by atoms with Gasteiger partial charge in [0.05, 0.1) is 23.1 Å². The average molecular weight is 338 g/mol. The highest BCUT2D eigenvalue weighted by atomic mass is 19.1. The molecule has 6 heteroatoms. The SMILES string of the molecule is CCc1c(C(=O)N(C)Cc2cccnc2)cnn1-c1ccc(F)cc1. The van der Waals surface area contributed by atoms with Crippen LogP contribution in [-0.4, -0.2) is 32.6 Å². The highest BCUT2D eigenvalue weighted by Crippen LogP contribution is 2.18. The summed E-state index contributed by atoms with van der Waals surface area (Å²) < 4.78 is 14.8. The van der Waals surface area contributed by atoms with Gasteiger partial charge in [-0.3, -0.25) is 9.78 Å². The number of amides is 1. The molecule has 1 aromatic carbocycles. The lowest BCUT2D eigenvalue weighted by Crippen LogP contribution is -2.27. The van der Waals surface area contributed by atoms with Crippen LogP contribution in [0.25, 0.3) is 5.69 Å². The van der Waals surface area contributed by atoms with Crippen molar-refractivity contribution in [1.29, 1.82) is 0 Å². The molecule has 5 nitrogen and oxygen atoms in total. The van der Waals surface area contributed by atoms with Gasteiger partial charge in [0.15, 0.2) is 0 Å². The predicted molar refractivity (Wildman–Crippen MR) is 92.9 cm³/mol. The third-order valence-corrected chi connectivity index (χ3v) is 3.99. The van der Waals surface area contributed by atoms with Crippen LogP contribution in [-0.2, 0) is 13.0 Å². The van der Waals surface area contributed by atoms with Crippen molar-refractivity contribution in [3.05, 3.63) is 77.6 Å². The Morgan fingerprint density at radius 3 is 2.60 bits per heavy atom. The van der Waals surface area contributed by atoms with Crippen molar-refractivity contribution in [3.8, 4) is 5.69 Å². The van der Waals surface area contributed by atoms with E-state index in [1.165, 1.54) is 12.1 Å². The van der Waals surface area contributed by atoms with E-state index in [0.717, 1.165) is 16.9 Å². The highest BCUT2D eigenvalue weighted by molar-refractivity contribution is 5.95. The molecule has 0 unspecified atom stereocenters. The molecule has 0 aliphatic rings. The Hall–Kier alpha value is -3.02. The molecule has 128 valence electrons. The number of hydrogen-bond donors (Lipinski definition) is 0. The lowest BCUT2D eigenvalue weighted by atomic mass is 10.1. The molecule has 25 heavy (non-hydrogen) atoms. The summed E-state index contributed by atoms with van der Waals surface area (Å²) in [5.41, 5.74) is 3.04. The number of carbonyl (C=O) groups is 1. The first-order valence-electron chi connectivity index (χ1n) is 8.07. The number of carbonyl (C=O) groups excluding carboxylic acids is 1. The molecular weight excluding hydrogens is 319 g/mol. The van der Waals surface area contributed by atoms with Crippen LogP contribution >= 0.6 is 0 Å². The zero-order chi connectivity index (χ0) is 17.8. The highest BCUT2D eigenvalue weighted by Gasteiger charge is 2.20. The summed E-state index contributed by atoms with van der Waals surface area (Å²) >= 11 is 0. The maximum Gasteiger partial charge on any atom is 0.257 e. The van der Waals surface area contributed by atoms with Crippen LogP contribution in [0.2, 0.25) is 0 Å². The van der Waals surface area contributed by atoms with Crippen LogP contribution in [0.1, 0.15) is 28.5 Å². The fraction of sp³-hybridized carbons (Fsp3) is 0.211. The number of aromatic nitrogens is 3. The maximum absolute atomic E-state index is 13.1. The summed E-state index contributed by atoms with van der Waals surface area (Å²) in [6.45, 7) is 2.44. The Labute approximate surface area is 145 Å². The minimum Gasteiger partial charge on any atom is -0.337 e. The first kappa shape index (κ1) is 16.8. The lowest BCUT2D eigenvalue weighted by Gasteiger charge is -2.17. The lowest BCUT2D eigenvalue weighted by molar-refractivity contribution is 0.0784. The van der Waals surface area contributed by atoms with Crippen molar-refractivity contribution >= 4 is 5.91 Å². The van der Waals surface area contributed by atoms with E-state index in [1.807, 2.05) is 19.1 Å². The number of benzene rings is 1. The van der Waals surface area contributed by atoms with Crippen LogP contribution in [0.3, 0.4) is 0 Å². The first-order valence-corrected chi connectivity index (χ1v) is 8.07. The summed E-state index contributed by atoms with van der Waals surface area (Å²) in [6.07, 6.45) is 5.66. The summed E-state index contributed by atoms with van der Waals surface area (Å²) in [5.74, 6) is -0.407. The summed E-state index contributed by atoms with van der Waals surface area (Å²) in [5, 5.41) is 4.33. The normalized spacial score (nSPS) is 10.7. The number of pyridine rings is 1. The molecule has 0 spiro atoms. The summed E-state index contributed by atoms with van der Waals surface area (Å²) in [7, 11) is 1.75. The number of halogens is 1. The minimum absolute atomic E-state index is 0.103. The average Bonchev–Trinajstić information content (AvgIpc) is 3.06. The fourth-order valence-electron chi connectivity index (χ4n) is 2.74. The molecule has 0 atom stereocenters. The van der Waals surface area contributed by atoms with Crippen molar-refractivity contribution in [2.75, 3.05) is 7.05 Å². The van der Waals surface area contributed by atoms with Crippen LogP contribution in [0.15, 0.2) is 55.0 Å². The molecule has 0 aliphatic carbocycles. The zero-order valence-electron chi connectivity index (χ0n) is 14.2. The Morgan fingerprint density at radius 1 is 1.20 bits per heavy atom. The standard InChI is InChI=1S/C19H19FN4O/c1-3-18-17(12-22-24(18)16-8-6-15(20)7-9-16)19(25)23(2)13-14-5-4-10-21-11-14/h4-12H,3,13H2,1-2H3. The molecule has 0 radical (unpaired) electrons. The van der Waals surface area contributed by atoms with E-state index in [0.29, 0.717) is 18.5 Å². The smallest absolute Gasteiger partial charge is 0.257 e. The molecule has 2 aromatic heterocycles. The van der Waals surface area contributed by atoms with E-state index in [2.05, 4.69) is 10.1 Å². The quantitative estimate of drug-likeness (QED) is 0.718. The van der Waals surface area contributed by atoms with E-state index in [9.17, 15) is 9.18 Å². The van der Waals surface area contributed by atoms with Gasteiger partial charge in [0, 0.05) is 26.0 Å². The Bertz CT molecular complexity index is 859. The van der Waals surface area contributed by atoms with Crippen molar-refractivity contribution in [1.82, 2.24) is 19.7 Å². The number of rotatable bonds is 5. The molecule has 0 saturated carbocycles.